The average Bonchev–Trinajstić information content (AvgIpc) is 2.36. The van der Waals surface area contributed by atoms with Crippen LogP contribution < -0.4 is 11.1 Å². The van der Waals surface area contributed by atoms with Gasteiger partial charge in [0.05, 0.1) is 5.69 Å². The molecule has 0 aromatic carbocycles. The third kappa shape index (κ3) is 1.43. The molecule has 1 aromatic rings. The van der Waals surface area contributed by atoms with E-state index in [1.165, 1.54) is 0 Å². The summed E-state index contributed by atoms with van der Waals surface area (Å²) in [5, 5.41) is 2.55. The third-order valence-electron chi connectivity index (χ3n) is 2.44. The van der Waals surface area contributed by atoms with E-state index in [0.29, 0.717) is 12.0 Å². The van der Waals surface area contributed by atoms with Crippen molar-refractivity contribution < 1.29 is 4.52 Å². The molecule has 4 heteroatoms. The highest BCUT2D eigenvalue weighted by Gasteiger charge is 2.14. The van der Waals surface area contributed by atoms with Crippen molar-refractivity contribution in [1.29, 1.82) is 0 Å². The lowest BCUT2D eigenvalue weighted by Gasteiger charge is -2.00. The first kappa shape index (κ1) is 8.29. The van der Waals surface area contributed by atoms with Crippen molar-refractivity contribution in [3.63, 3.8) is 0 Å². The van der Waals surface area contributed by atoms with Crippen LogP contribution in [-0.2, 0) is 12.8 Å². The number of nitrogens with one attached hydrogen (secondary N) is 1. The molecule has 1 heterocycles. The molecule has 70 valence electrons. The predicted molar refractivity (Wildman–Crippen MR) is 46.9 cm³/mol. The minimum Gasteiger partial charge on any atom is -0.335 e. The number of aromatic amines is 1. The fourth-order valence-electron chi connectivity index (χ4n) is 1.72. The zero-order valence-electron chi connectivity index (χ0n) is 7.26. The number of H-pyrrole nitrogens is 1. The molecule has 4 nitrogen and oxygen atoms in total. The van der Waals surface area contributed by atoms with Crippen molar-refractivity contribution in [3.05, 3.63) is 31.9 Å². The van der Waals surface area contributed by atoms with Gasteiger partial charge < -0.3 is 4.52 Å². The first-order valence-electron chi connectivity index (χ1n) is 4.52. The van der Waals surface area contributed by atoms with Gasteiger partial charge in [-0.1, -0.05) is 6.42 Å². The monoisotopic (exact) mass is 181 g/mol. The summed E-state index contributed by atoms with van der Waals surface area (Å²) in [5.41, 5.74) is 0.201. The van der Waals surface area contributed by atoms with Crippen molar-refractivity contribution in [2.24, 2.45) is 0 Å². The molecule has 1 aromatic heterocycles. The highest BCUT2D eigenvalue weighted by Crippen LogP contribution is 2.14. The molecule has 2 rings (SSSR count). The van der Waals surface area contributed by atoms with Gasteiger partial charge in [0.15, 0.2) is 0 Å². The zero-order valence-corrected chi connectivity index (χ0v) is 7.26. The van der Waals surface area contributed by atoms with E-state index in [4.69, 9.17) is 0 Å². The second-order valence-electron chi connectivity index (χ2n) is 3.34. The van der Waals surface area contributed by atoms with Gasteiger partial charge >= 0.3 is 5.63 Å². The van der Waals surface area contributed by atoms with E-state index in [1.54, 1.807) is 0 Å². The molecule has 0 fully saturated rings. The molecular weight excluding hydrogens is 170 g/mol. The fourth-order valence-corrected chi connectivity index (χ4v) is 1.72. The largest absolute Gasteiger partial charge is 0.403 e. The maximum Gasteiger partial charge on any atom is 0.403 e. The Morgan fingerprint density at radius 1 is 1.08 bits per heavy atom. The lowest BCUT2D eigenvalue weighted by Crippen LogP contribution is -2.28. The molecule has 13 heavy (non-hydrogen) atoms. The Hall–Kier alpha value is -1.32. The average molecular weight is 181 g/mol. The highest BCUT2D eigenvalue weighted by atomic mass is 16.5. The summed E-state index contributed by atoms with van der Waals surface area (Å²) in [7, 11) is 0. The number of rotatable bonds is 0. The molecule has 0 saturated carbocycles. The van der Waals surface area contributed by atoms with Crippen LogP contribution >= 0.6 is 0 Å². The third-order valence-corrected chi connectivity index (χ3v) is 2.44. The molecule has 0 unspecified atom stereocenters. The maximum absolute atomic E-state index is 11.3. The van der Waals surface area contributed by atoms with Crippen LogP contribution in [0.2, 0.25) is 0 Å². The van der Waals surface area contributed by atoms with E-state index in [1.807, 2.05) is 0 Å². The van der Waals surface area contributed by atoms with Crippen LogP contribution in [0.15, 0.2) is 14.1 Å². The Bertz CT molecular complexity index is 416. The molecule has 0 bridgehead atoms. The molecule has 1 aliphatic rings. The first-order valence-corrected chi connectivity index (χ1v) is 4.52. The summed E-state index contributed by atoms with van der Waals surface area (Å²) in [4.78, 5) is 22.2. The summed E-state index contributed by atoms with van der Waals surface area (Å²) >= 11 is 0. The second kappa shape index (κ2) is 3.20. The van der Waals surface area contributed by atoms with E-state index in [9.17, 15) is 9.59 Å². The standard InChI is InChI=1S/C9H11NO3/c11-8-6-4-2-1-3-5-7(6)10-13-9(8)12/h10H,1-5H2. The molecule has 0 amide bonds. The molecule has 0 saturated heterocycles. The minimum absolute atomic E-state index is 0.462. The summed E-state index contributed by atoms with van der Waals surface area (Å²) in [6.07, 6.45) is 4.66. The van der Waals surface area contributed by atoms with Gasteiger partial charge in [0, 0.05) is 5.56 Å². The van der Waals surface area contributed by atoms with Crippen molar-refractivity contribution >= 4 is 0 Å². The summed E-state index contributed by atoms with van der Waals surface area (Å²) in [6.45, 7) is 0. The van der Waals surface area contributed by atoms with Gasteiger partial charge in [-0.25, -0.2) is 9.95 Å². The highest BCUT2D eigenvalue weighted by molar-refractivity contribution is 5.18. The molecule has 0 aliphatic heterocycles. The van der Waals surface area contributed by atoms with Crippen LogP contribution in [0.3, 0.4) is 0 Å². The van der Waals surface area contributed by atoms with Crippen molar-refractivity contribution in [3.8, 4) is 0 Å². The molecule has 0 spiro atoms. The number of hydrogen-bond donors (Lipinski definition) is 1. The quantitative estimate of drug-likeness (QED) is 0.470. The Morgan fingerprint density at radius 3 is 2.69 bits per heavy atom. The van der Waals surface area contributed by atoms with Crippen molar-refractivity contribution in [2.75, 3.05) is 0 Å². The lowest BCUT2D eigenvalue weighted by molar-refractivity contribution is 0.352. The predicted octanol–water partition coefficient (Wildman–Crippen LogP) is 0.597. The number of fused-ring (bicyclic) bond motifs is 1. The maximum atomic E-state index is 11.3. The first-order chi connectivity index (χ1) is 6.29. The van der Waals surface area contributed by atoms with Gasteiger partial charge in [0.1, 0.15) is 0 Å². The van der Waals surface area contributed by atoms with Crippen LogP contribution in [0.25, 0.3) is 0 Å². The number of hydrogen-bond acceptors (Lipinski definition) is 3. The van der Waals surface area contributed by atoms with Gasteiger partial charge in [0.2, 0.25) is 0 Å². The molecular formula is C9H11NO3. The second-order valence-corrected chi connectivity index (χ2v) is 3.34. The van der Waals surface area contributed by atoms with Gasteiger partial charge in [-0.2, -0.15) is 0 Å². The van der Waals surface area contributed by atoms with Gasteiger partial charge in [-0.05, 0) is 25.7 Å². The summed E-state index contributed by atoms with van der Waals surface area (Å²) in [6, 6.07) is 0. The van der Waals surface area contributed by atoms with Crippen LogP contribution in [0.5, 0.6) is 0 Å². The van der Waals surface area contributed by atoms with Gasteiger partial charge in [-0.3, -0.25) is 4.79 Å². The number of aromatic nitrogens is 1. The van der Waals surface area contributed by atoms with E-state index in [0.717, 1.165) is 31.4 Å². The van der Waals surface area contributed by atoms with E-state index in [-0.39, 0.29) is 0 Å². The van der Waals surface area contributed by atoms with Crippen LogP contribution in [0.4, 0.5) is 0 Å². The SMILES string of the molecule is O=c1o[nH]c2c(c1=O)CCCCC2. The van der Waals surface area contributed by atoms with E-state index in [2.05, 4.69) is 9.68 Å². The lowest BCUT2D eigenvalue weighted by atomic mass is 10.1. The Labute approximate surface area is 74.5 Å². The van der Waals surface area contributed by atoms with Crippen LogP contribution in [0, 0.1) is 0 Å². The summed E-state index contributed by atoms with van der Waals surface area (Å²) < 4.78 is 4.52. The Kier molecular flexibility index (Phi) is 2.04. The molecule has 0 atom stereocenters. The topological polar surface area (TPSA) is 63.1 Å². The molecule has 0 radical (unpaired) electrons. The molecule has 1 aliphatic carbocycles. The Balaban J connectivity index is 2.61. The Morgan fingerprint density at radius 2 is 1.85 bits per heavy atom. The van der Waals surface area contributed by atoms with Gasteiger partial charge in [0.25, 0.3) is 5.43 Å². The van der Waals surface area contributed by atoms with E-state index < -0.39 is 11.1 Å². The normalized spacial score (nSPS) is 16.3. The zero-order chi connectivity index (χ0) is 9.26. The van der Waals surface area contributed by atoms with E-state index >= 15 is 0 Å². The van der Waals surface area contributed by atoms with Crippen molar-refractivity contribution in [2.45, 2.75) is 32.1 Å². The minimum atomic E-state index is -0.777. The summed E-state index contributed by atoms with van der Waals surface area (Å²) in [5.74, 6) is 0. The van der Waals surface area contributed by atoms with Crippen LogP contribution in [-0.4, -0.2) is 5.16 Å². The van der Waals surface area contributed by atoms with Crippen LogP contribution in [0.1, 0.15) is 30.5 Å². The van der Waals surface area contributed by atoms with Crippen molar-refractivity contribution in [1.82, 2.24) is 5.16 Å². The number of aryl methyl sites for hydroxylation is 1. The molecule has 1 N–H and O–H groups in total. The fraction of sp³-hybridized carbons (Fsp3) is 0.556. The smallest absolute Gasteiger partial charge is 0.335 e. The van der Waals surface area contributed by atoms with Gasteiger partial charge in [-0.15, -0.1) is 0 Å².